The van der Waals surface area contributed by atoms with Crippen molar-refractivity contribution in [3.63, 3.8) is 0 Å². The minimum absolute atomic E-state index is 0.0249. The summed E-state index contributed by atoms with van der Waals surface area (Å²) in [5, 5.41) is 2.73. The first-order valence-corrected chi connectivity index (χ1v) is 7.34. The van der Waals surface area contributed by atoms with Crippen LogP contribution in [0.3, 0.4) is 0 Å². The van der Waals surface area contributed by atoms with Crippen LogP contribution in [0.1, 0.15) is 23.1 Å². The van der Waals surface area contributed by atoms with Gasteiger partial charge in [0.1, 0.15) is 6.10 Å². The fourth-order valence-corrected chi connectivity index (χ4v) is 2.24. The molecule has 1 aromatic rings. The Bertz CT molecular complexity index is 654. The lowest BCUT2D eigenvalue weighted by Crippen LogP contribution is -2.31. The number of nitrogens with one attached hydrogen (secondary N) is 2. The largest absolute Gasteiger partial charge is 0.416 e. The van der Waals surface area contributed by atoms with Gasteiger partial charge in [-0.3, -0.25) is 10.3 Å². The van der Waals surface area contributed by atoms with Crippen LogP contribution in [0.15, 0.2) is 24.3 Å². The van der Waals surface area contributed by atoms with Gasteiger partial charge in [-0.2, -0.15) is 26.3 Å². The second-order valence-electron chi connectivity index (χ2n) is 5.21. The maximum absolute atomic E-state index is 12.9. The summed E-state index contributed by atoms with van der Waals surface area (Å²) < 4.78 is 77.2. The van der Waals surface area contributed by atoms with E-state index in [1.54, 1.807) is 0 Å². The highest BCUT2D eigenvalue weighted by Crippen LogP contribution is 2.37. The molecule has 1 aliphatic heterocycles. The molecule has 4 N–H and O–H groups in total. The fraction of sp³-hybridized carbons (Fsp3) is 0.357. The summed E-state index contributed by atoms with van der Waals surface area (Å²) in [4.78, 5) is 5.12. The molecule has 2 rings (SSSR count). The molecule has 1 aromatic carbocycles. The Balaban J connectivity index is 2.27. The lowest BCUT2D eigenvalue weighted by molar-refractivity contribution is -0.143. The molecule has 0 aliphatic carbocycles. The van der Waals surface area contributed by atoms with Gasteiger partial charge in [0.05, 0.1) is 16.8 Å². The molecule has 1 unspecified atom stereocenters. The minimum atomic E-state index is -4.91. The molecule has 11 heteroatoms. The molecule has 0 fully saturated rings. The molecule has 138 valence electrons. The Labute approximate surface area is 144 Å². The third-order valence-electron chi connectivity index (χ3n) is 3.30. The molecule has 0 spiro atoms. The normalized spacial score (nSPS) is 17.8. The third kappa shape index (κ3) is 5.23. The van der Waals surface area contributed by atoms with E-state index in [9.17, 15) is 26.3 Å². The number of nitrogens with two attached hydrogens (primary N) is 1. The number of benzene rings is 1. The number of hydrogen-bond donors (Lipinski definition) is 3. The first kappa shape index (κ1) is 19.3. The zero-order valence-corrected chi connectivity index (χ0v) is 13.3. The van der Waals surface area contributed by atoms with E-state index in [2.05, 4.69) is 23.0 Å². The summed E-state index contributed by atoms with van der Waals surface area (Å²) in [5.74, 6) is 0. The van der Waals surface area contributed by atoms with Crippen molar-refractivity contribution in [1.29, 1.82) is 0 Å². The zero-order valence-electron chi connectivity index (χ0n) is 12.5. The number of thiocarbonyl (C=S) groups is 1. The smallest absolute Gasteiger partial charge is 0.376 e. The van der Waals surface area contributed by atoms with Crippen molar-refractivity contribution in [3.05, 3.63) is 41.0 Å². The van der Waals surface area contributed by atoms with Gasteiger partial charge in [-0.1, -0.05) is 0 Å². The van der Waals surface area contributed by atoms with Crippen LogP contribution in [0.2, 0.25) is 0 Å². The average Bonchev–Trinajstić information content (AvgIpc) is 2.93. The number of alkyl halides is 6. The molecule has 0 aromatic heterocycles. The Morgan fingerprint density at radius 1 is 1.12 bits per heavy atom. The Hall–Kier alpha value is -2.01. The molecular formula is C14H13F6N3OS. The highest BCUT2D eigenvalue weighted by atomic mass is 32.1. The van der Waals surface area contributed by atoms with Crippen molar-refractivity contribution >= 4 is 23.0 Å². The third-order valence-corrected chi connectivity index (χ3v) is 3.44. The van der Waals surface area contributed by atoms with Crippen molar-refractivity contribution in [2.24, 2.45) is 5.73 Å². The monoisotopic (exact) mass is 385 g/mol. The maximum Gasteiger partial charge on any atom is 0.416 e. The Kier molecular flexibility index (Phi) is 5.47. The van der Waals surface area contributed by atoms with Crippen LogP contribution < -0.4 is 16.5 Å². The van der Waals surface area contributed by atoms with Gasteiger partial charge in [0.25, 0.3) is 0 Å². The first-order chi connectivity index (χ1) is 11.5. The second-order valence-corrected chi connectivity index (χ2v) is 5.65. The Morgan fingerprint density at radius 2 is 1.68 bits per heavy atom. The highest BCUT2D eigenvalue weighted by molar-refractivity contribution is 7.80. The predicted octanol–water partition coefficient (Wildman–Crippen LogP) is 3.19. The second kappa shape index (κ2) is 7.08. The van der Waals surface area contributed by atoms with Crippen LogP contribution in [0.4, 0.5) is 26.3 Å². The molecule has 0 bridgehead atoms. The molecular weight excluding hydrogens is 372 g/mol. The lowest BCUT2D eigenvalue weighted by Gasteiger charge is -2.14. The molecule has 0 saturated carbocycles. The van der Waals surface area contributed by atoms with Crippen molar-refractivity contribution < 1.29 is 31.2 Å². The van der Waals surface area contributed by atoms with Crippen LogP contribution in [0.25, 0.3) is 5.70 Å². The predicted molar refractivity (Wildman–Crippen MR) is 81.8 cm³/mol. The van der Waals surface area contributed by atoms with E-state index in [1.807, 2.05) is 0 Å². The van der Waals surface area contributed by atoms with E-state index in [-0.39, 0.29) is 22.4 Å². The molecule has 1 atom stereocenters. The van der Waals surface area contributed by atoms with Crippen molar-refractivity contribution in [3.8, 4) is 0 Å². The topological polar surface area (TPSA) is 59.3 Å². The van der Waals surface area contributed by atoms with Crippen LogP contribution in [0.5, 0.6) is 0 Å². The van der Waals surface area contributed by atoms with E-state index in [4.69, 9.17) is 10.6 Å². The number of hydrogen-bond acceptors (Lipinski definition) is 3. The standard InChI is InChI=1S/C14H13F6N3OS/c15-13(16,17)8-3-7(4-9(5-8)14(18,19)20)11-6-10(24-23-11)1-2-22-12(21)25/h3-6,10,23H,1-2H2,(H3,21,22,25). The molecule has 0 saturated heterocycles. The van der Waals surface area contributed by atoms with Gasteiger partial charge >= 0.3 is 12.4 Å². The van der Waals surface area contributed by atoms with Crippen molar-refractivity contribution in [1.82, 2.24) is 10.8 Å². The summed E-state index contributed by atoms with van der Waals surface area (Å²) in [6.07, 6.45) is -8.61. The van der Waals surface area contributed by atoms with Crippen LogP contribution in [0, 0.1) is 0 Å². The molecule has 25 heavy (non-hydrogen) atoms. The van der Waals surface area contributed by atoms with E-state index < -0.39 is 29.6 Å². The summed E-state index contributed by atoms with van der Waals surface area (Å²) in [5.41, 5.74) is 4.57. The molecule has 4 nitrogen and oxygen atoms in total. The van der Waals surface area contributed by atoms with Crippen LogP contribution >= 0.6 is 12.2 Å². The Morgan fingerprint density at radius 3 is 2.16 bits per heavy atom. The quantitative estimate of drug-likeness (QED) is 0.549. The molecule has 0 amide bonds. The highest BCUT2D eigenvalue weighted by Gasteiger charge is 2.37. The SMILES string of the molecule is NC(=S)NCCC1C=C(c2cc(C(F)(F)F)cc(C(F)(F)F)c2)NO1. The fourth-order valence-electron chi connectivity index (χ4n) is 2.14. The first-order valence-electron chi connectivity index (χ1n) is 6.93. The summed E-state index contributed by atoms with van der Waals surface area (Å²) >= 11 is 4.62. The van der Waals surface area contributed by atoms with Gasteiger partial charge < -0.3 is 11.1 Å². The number of hydroxylamine groups is 1. The number of rotatable bonds is 4. The van der Waals surface area contributed by atoms with Crippen molar-refractivity contribution in [2.75, 3.05) is 6.54 Å². The summed E-state index contributed by atoms with van der Waals surface area (Å²) in [7, 11) is 0. The molecule has 1 heterocycles. The van der Waals surface area contributed by atoms with Gasteiger partial charge in [0, 0.05) is 12.1 Å². The molecule has 1 aliphatic rings. The van der Waals surface area contributed by atoms with Gasteiger partial charge in [0.15, 0.2) is 5.11 Å². The minimum Gasteiger partial charge on any atom is -0.376 e. The summed E-state index contributed by atoms with van der Waals surface area (Å²) in [6, 6.07) is 1.34. The van der Waals surface area contributed by atoms with E-state index in [0.717, 1.165) is 0 Å². The van der Waals surface area contributed by atoms with Gasteiger partial charge in [0.2, 0.25) is 0 Å². The van der Waals surface area contributed by atoms with Gasteiger partial charge in [-0.15, -0.1) is 0 Å². The van der Waals surface area contributed by atoms with Gasteiger partial charge in [-0.05, 0) is 42.9 Å². The van der Waals surface area contributed by atoms with E-state index >= 15 is 0 Å². The number of halogens is 6. The van der Waals surface area contributed by atoms with Crippen LogP contribution in [-0.2, 0) is 17.2 Å². The van der Waals surface area contributed by atoms with Gasteiger partial charge in [-0.25, -0.2) is 0 Å². The van der Waals surface area contributed by atoms with Crippen molar-refractivity contribution in [2.45, 2.75) is 24.9 Å². The average molecular weight is 385 g/mol. The lowest BCUT2D eigenvalue weighted by atomic mass is 10.0. The maximum atomic E-state index is 12.9. The zero-order chi connectivity index (χ0) is 18.8. The van der Waals surface area contributed by atoms with E-state index in [0.29, 0.717) is 25.1 Å². The summed E-state index contributed by atoms with van der Waals surface area (Å²) in [6.45, 7) is 0.335. The molecule has 0 radical (unpaired) electrons. The van der Waals surface area contributed by atoms with E-state index in [1.165, 1.54) is 6.08 Å². The van der Waals surface area contributed by atoms with Crippen LogP contribution in [-0.4, -0.2) is 17.8 Å².